The van der Waals surface area contributed by atoms with Gasteiger partial charge in [-0.3, -0.25) is 4.79 Å². The summed E-state index contributed by atoms with van der Waals surface area (Å²) < 4.78 is 7.58. The van der Waals surface area contributed by atoms with Crippen molar-refractivity contribution in [2.45, 2.75) is 13.8 Å². The number of fused-ring (bicyclic) bond motifs is 3. The topological polar surface area (TPSA) is 47.5 Å². The van der Waals surface area contributed by atoms with Gasteiger partial charge in [0, 0.05) is 6.08 Å². The molecule has 3 heterocycles. The van der Waals surface area contributed by atoms with Crippen LogP contribution in [-0.2, 0) is 0 Å². The first-order valence-electron chi connectivity index (χ1n) is 6.61. The monoisotopic (exact) mass is 296 g/mol. The summed E-state index contributed by atoms with van der Waals surface area (Å²) in [6, 6.07) is 7.68. The fraction of sp³-hybridized carbons (Fsp3) is 0.125. The number of imidazole rings is 1. The third kappa shape index (κ3) is 1.81. The van der Waals surface area contributed by atoms with E-state index in [9.17, 15) is 4.79 Å². The molecule has 0 aliphatic carbocycles. The van der Waals surface area contributed by atoms with Crippen LogP contribution >= 0.6 is 11.3 Å². The van der Waals surface area contributed by atoms with Crippen molar-refractivity contribution in [2.75, 3.05) is 0 Å². The van der Waals surface area contributed by atoms with Crippen molar-refractivity contribution in [2.24, 2.45) is 0 Å². The number of furan rings is 1. The van der Waals surface area contributed by atoms with E-state index in [2.05, 4.69) is 11.9 Å². The van der Waals surface area contributed by atoms with Crippen LogP contribution < -0.4 is 10.1 Å². The first-order valence-corrected chi connectivity index (χ1v) is 7.42. The Morgan fingerprint density at radius 1 is 1.29 bits per heavy atom. The van der Waals surface area contributed by atoms with Gasteiger partial charge in [0.05, 0.1) is 17.3 Å². The molecule has 4 aromatic rings. The molecule has 4 nitrogen and oxygen atoms in total. The van der Waals surface area contributed by atoms with Crippen LogP contribution in [0.25, 0.3) is 22.1 Å². The summed E-state index contributed by atoms with van der Waals surface area (Å²) >= 11 is 1.38. The van der Waals surface area contributed by atoms with E-state index in [4.69, 9.17) is 4.42 Å². The maximum Gasteiger partial charge on any atom is 0.275 e. The van der Waals surface area contributed by atoms with Gasteiger partial charge in [0.25, 0.3) is 5.56 Å². The minimum atomic E-state index is -0.0443. The second-order valence-corrected chi connectivity index (χ2v) is 6.10. The van der Waals surface area contributed by atoms with Crippen molar-refractivity contribution >= 4 is 33.4 Å². The van der Waals surface area contributed by atoms with E-state index in [1.54, 1.807) is 22.8 Å². The molecule has 3 aromatic heterocycles. The number of thiazole rings is 1. The first kappa shape index (κ1) is 12.3. The molecule has 0 fully saturated rings. The molecule has 4 rings (SSSR count). The summed E-state index contributed by atoms with van der Waals surface area (Å²) in [7, 11) is 0. The molecule has 0 amide bonds. The van der Waals surface area contributed by atoms with E-state index in [0.717, 1.165) is 21.6 Å². The van der Waals surface area contributed by atoms with Gasteiger partial charge in [-0.1, -0.05) is 11.3 Å². The zero-order valence-corrected chi connectivity index (χ0v) is 12.4. The van der Waals surface area contributed by atoms with E-state index >= 15 is 0 Å². The molecule has 5 heteroatoms. The number of benzene rings is 1. The molecule has 0 atom stereocenters. The highest BCUT2D eigenvalue weighted by atomic mass is 32.1. The van der Waals surface area contributed by atoms with Crippen LogP contribution in [0, 0.1) is 13.8 Å². The van der Waals surface area contributed by atoms with Crippen molar-refractivity contribution in [1.82, 2.24) is 9.38 Å². The third-order valence-electron chi connectivity index (χ3n) is 3.67. The van der Waals surface area contributed by atoms with Gasteiger partial charge in [0.15, 0.2) is 4.96 Å². The highest BCUT2D eigenvalue weighted by molar-refractivity contribution is 7.15. The number of nitrogens with zero attached hydrogens (tertiary/aromatic N) is 2. The summed E-state index contributed by atoms with van der Waals surface area (Å²) in [6.07, 6.45) is 3.35. The lowest BCUT2D eigenvalue weighted by Gasteiger charge is -1.98. The fourth-order valence-electron chi connectivity index (χ4n) is 2.42. The molecule has 0 spiro atoms. The number of hydrogen-bond acceptors (Lipinski definition) is 4. The molecule has 0 aliphatic heterocycles. The molecule has 0 bridgehead atoms. The summed E-state index contributed by atoms with van der Waals surface area (Å²) in [5.74, 6) is 0.674. The zero-order chi connectivity index (χ0) is 14.6. The van der Waals surface area contributed by atoms with Crippen LogP contribution in [0.1, 0.15) is 16.9 Å². The Kier molecular flexibility index (Phi) is 2.53. The minimum absolute atomic E-state index is 0.0443. The predicted octanol–water partition coefficient (Wildman–Crippen LogP) is 2.67. The third-order valence-corrected chi connectivity index (χ3v) is 4.64. The van der Waals surface area contributed by atoms with Crippen LogP contribution in [0.3, 0.4) is 0 Å². The molecule has 0 saturated heterocycles. The largest absolute Gasteiger partial charge is 0.465 e. The number of hydrogen-bond donors (Lipinski definition) is 0. The Balaban J connectivity index is 2.09. The normalized spacial score (nSPS) is 12.8. The van der Waals surface area contributed by atoms with Crippen LogP contribution in [-0.4, -0.2) is 9.38 Å². The maximum absolute atomic E-state index is 12.6. The van der Waals surface area contributed by atoms with Gasteiger partial charge in [-0.05, 0) is 49.2 Å². The molecular weight excluding hydrogens is 284 g/mol. The van der Waals surface area contributed by atoms with Crippen LogP contribution in [0.5, 0.6) is 0 Å². The SMILES string of the molecule is Cc1cc2nc3s/c(=C/c4ccco4)c(=O)n3c2cc1C. The van der Waals surface area contributed by atoms with Gasteiger partial charge in [-0.25, -0.2) is 9.38 Å². The number of aryl methyl sites for hydroxylation is 2. The Labute approximate surface area is 124 Å². The van der Waals surface area contributed by atoms with Crippen molar-refractivity contribution in [3.8, 4) is 0 Å². The van der Waals surface area contributed by atoms with Crippen LogP contribution in [0.15, 0.2) is 39.7 Å². The van der Waals surface area contributed by atoms with E-state index in [1.807, 2.05) is 25.1 Å². The van der Waals surface area contributed by atoms with Gasteiger partial charge in [0.1, 0.15) is 10.3 Å². The summed E-state index contributed by atoms with van der Waals surface area (Å²) in [6.45, 7) is 4.09. The molecule has 0 unspecified atom stereocenters. The predicted molar refractivity (Wildman–Crippen MR) is 83.8 cm³/mol. The van der Waals surface area contributed by atoms with Gasteiger partial charge in [-0.15, -0.1) is 0 Å². The highest BCUT2D eigenvalue weighted by Crippen LogP contribution is 2.20. The Bertz CT molecular complexity index is 1070. The van der Waals surface area contributed by atoms with Crippen molar-refractivity contribution in [3.05, 3.63) is 62.3 Å². The maximum atomic E-state index is 12.6. The van der Waals surface area contributed by atoms with Crippen LogP contribution in [0.2, 0.25) is 0 Å². The summed E-state index contributed by atoms with van der Waals surface area (Å²) in [5, 5.41) is 0. The quantitative estimate of drug-likeness (QED) is 0.542. The number of rotatable bonds is 1. The van der Waals surface area contributed by atoms with Crippen LogP contribution in [0.4, 0.5) is 0 Å². The second-order valence-electron chi connectivity index (χ2n) is 5.09. The second kappa shape index (κ2) is 4.30. The molecule has 1 aromatic carbocycles. The lowest BCUT2D eigenvalue weighted by molar-refractivity contribution is 0.556. The lowest BCUT2D eigenvalue weighted by atomic mass is 10.1. The minimum Gasteiger partial charge on any atom is -0.465 e. The zero-order valence-electron chi connectivity index (χ0n) is 11.6. The fourth-order valence-corrected chi connectivity index (χ4v) is 3.39. The molecule has 0 saturated carbocycles. The van der Waals surface area contributed by atoms with Gasteiger partial charge < -0.3 is 4.42 Å². The summed E-state index contributed by atoms with van der Waals surface area (Å²) in [5.41, 5.74) is 4.03. The lowest BCUT2D eigenvalue weighted by Crippen LogP contribution is -2.22. The van der Waals surface area contributed by atoms with Gasteiger partial charge in [0.2, 0.25) is 0 Å². The molecular formula is C16H12N2O2S. The average molecular weight is 296 g/mol. The highest BCUT2D eigenvalue weighted by Gasteiger charge is 2.12. The van der Waals surface area contributed by atoms with Crippen molar-refractivity contribution in [1.29, 1.82) is 0 Å². The van der Waals surface area contributed by atoms with Crippen molar-refractivity contribution in [3.63, 3.8) is 0 Å². The molecule has 0 aliphatic rings. The number of aromatic nitrogens is 2. The van der Waals surface area contributed by atoms with Gasteiger partial charge >= 0.3 is 0 Å². The van der Waals surface area contributed by atoms with Crippen molar-refractivity contribution < 1.29 is 4.42 Å². The Morgan fingerprint density at radius 3 is 2.86 bits per heavy atom. The molecule has 0 N–H and O–H groups in total. The van der Waals surface area contributed by atoms with E-state index in [-0.39, 0.29) is 5.56 Å². The first-order chi connectivity index (χ1) is 10.1. The van der Waals surface area contributed by atoms with E-state index < -0.39 is 0 Å². The van der Waals surface area contributed by atoms with E-state index in [1.165, 1.54) is 16.9 Å². The summed E-state index contributed by atoms with van der Waals surface area (Å²) in [4.78, 5) is 17.9. The standard InChI is InChI=1S/C16H12N2O2S/c1-9-6-12-13(7-10(9)2)18-15(19)14(21-16(18)17-12)8-11-4-3-5-20-11/h3-8H,1-2H3/b14-8+. The van der Waals surface area contributed by atoms with E-state index in [0.29, 0.717) is 10.3 Å². The average Bonchev–Trinajstić information content (AvgIpc) is 3.12. The van der Waals surface area contributed by atoms with Gasteiger partial charge in [-0.2, -0.15) is 0 Å². The molecule has 21 heavy (non-hydrogen) atoms. The Hall–Kier alpha value is -2.40. The Morgan fingerprint density at radius 2 is 2.10 bits per heavy atom. The smallest absolute Gasteiger partial charge is 0.275 e. The molecule has 0 radical (unpaired) electrons. The molecule has 104 valence electrons.